The number of allylic oxidation sites excluding steroid dienone is 2. The van der Waals surface area contributed by atoms with Crippen LogP contribution in [0.15, 0.2) is 76.8 Å². The smallest absolute Gasteiger partial charge is 0.458 e. The fraction of sp³-hybridized carbons (Fsp3) is 0.280. The van der Waals surface area contributed by atoms with Crippen molar-refractivity contribution < 1.29 is 14.8 Å². The molecule has 1 aliphatic heterocycles. The number of benzene rings is 2. The van der Waals surface area contributed by atoms with Gasteiger partial charge < -0.3 is 14.8 Å². The molecule has 2 aromatic carbocycles. The maximum atomic E-state index is 10.3. The van der Waals surface area contributed by atoms with E-state index in [4.69, 9.17) is 4.65 Å². The summed E-state index contributed by atoms with van der Waals surface area (Å²) in [4.78, 5) is 0. The van der Waals surface area contributed by atoms with Gasteiger partial charge in [0, 0.05) is 16.4 Å². The van der Waals surface area contributed by atoms with Crippen molar-refractivity contribution in [3.8, 4) is 5.75 Å². The molecule has 0 amide bonds. The molecule has 3 rings (SSSR count). The summed E-state index contributed by atoms with van der Waals surface area (Å²) in [6.07, 6.45) is 5.82. The molecule has 3 nitrogen and oxygen atoms in total. The summed E-state index contributed by atoms with van der Waals surface area (Å²) in [5, 5.41) is 20.4. The quantitative estimate of drug-likeness (QED) is 0.362. The molecule has 0 aliphatic carbocycles. The number of rotatable bonds is 7. The summed E-state index contributed by atoms with van der Waals surface area (Å²) < 4.78 is 6.80. The molecule has 156 valence electrons. The van der Waals surface area contributed by atoms with E-state index in [0.29, 0.717) is 18.7 Å². The fourth-order valence-corrected chi connectivity index (χ4v) is 4.02. The summed E-state index contributed by atoms with van der Waals surface area (Å²) in [6.45, 7) is 8.49. The van der Waals surface area contributed by atoms with Crippen molar-refractivity contribution in [1.29, 1.82) is 0 Å². The molecule has 0 saturated heterocycles. The molecule has 1 aliphatic rings. The summed E-state index contributed by atoms with van der Waals surface area (Å²) in [7, 11) is -0.781. The molecule has 2 N–H and O–H groups in total. The molecule has 0 saturated carbocycles. The average Bonchev–Trinajstić information content (AvgIpc) is 2.73. The molecular weight excluding hydrogens is 439 g/mol. The van der Waals surface area contributed by atoms with E-state index in [1.165, 1.54) is 0 Å². The molecule has 2 aromatic rings. The summed E-state index contributed by atoms with van der Waals surface area (Å²) in [6, 6.07) is 15.6. The van der Waals surface area contributed by atoms with Crippen molar-refractivity contribution in [2.45, 2.75) is 39.1 Å². The number of halogens is 1. The van der Waals surface area contributed by atoms with Crippen LogP contribution >= 0.6 is 15.9 Å². The van der Waals surface area contributed by atoms with E-state index < -0.39 is 7.12 Å². The maximum Gasteiger partial charge on any atom is 0.458 e. The molecule has 0 fully saturated rings. The van der Waals surface area contributed by atoms with Gasteiger partial charge >= 0.3 is 7.12 Å². The molecule has 1 unspecified atom stereocenters. The Morgan fingerprint density at radius 2 is 2.00 bits per heavy atom. The lowest BCUT2D eigenvalue weighted by Gasteiger charge is -2.30. The van der Waals surface area contributed by atoms with Gasteiger partial charge in [-0.1, -0.05) is 72.8 Å². The first-order valence-electron chi connectivity index (χ1n) is 10.3. The third-order valence-electron chi connectivity index (χ3n) is 5.42. The lowest BCUT2D eigenvalue weighted by molar-refractivity contribution is 0.183. The highest BCUT2D eigenvalue weighted by Crippen LogP contribution is 2.34. The predicted octanol–water partition coefficient (Wildman–Crippen LogP) is 6.49. The first-order chi connectivity index (χ1) is 14.3. The molecule has 1 heterocycles. The van der Waals surface area contributed by atoms with E-state index >= 15 is 0 Å². The van der Waals surface area contributed by atoms with Crippen molar-refractivity contribution in [3.63, 3.8) is 0 Å². The zero-order chi connectivity index (χ0) is 21.7. The summed E-state index contributed by atoms with van der Waals surface area (Å²) >= 11 is 3.48. The monoisotopic (exact) mass is 466 g/mol. The molecule has 5 heteroatoms. The van der Waals surface area contributed by atoms with Crippen molar-refractivity contribution in [1.82, 2.24) is 0 Å². The van der Waals surface area contributed by atoms with Crippen molar-refractivity contribution in [2.24, 2.45) is 5.92 Å². The number of hydrogen-bond acceptors (Lipinski definition) is 3. The van der Waals surface area contributed by atoms with Gasteiger partial charge in [-0.25, -0.2) is 0 Å². The average molecular weight is 467 g/mol. The first-order valence-corrected chi connectivity index (χ1v) is 11.1. The Kier molecular flexibility index (Phi) is 7.76. The van der Waals surface area contributed by atoms with E-state index in [9.17, 15) is 10.1 Å². The Labute approximate surface area is 188 Å². The van der Waals surface area contributed by atoms with Crippen LogP contribution in [-0.2, 0) is 4.65 Å². The Morgan fingerprint density at radius 3 is 2.70 bits per heavy atom. The lowest BCUT2D eigenvalue weighted by Crippen LogP contribution is -2.32. The van der Waals surface area contributed by atoms with Crippen molar-refractivity contribution >= 4 is 34.7 Å². The van der Waals surface area contributed by atoms with E-state index in [0.717, 1.165) is 38.7 Å². The van der Waals surface area contributed by atoms with Crippen molar-refractivity contribution in [2.75, 3.05) is 0 Å². The molecule has 1 atom stereocenters. The Balaban J connectivity index is 1.89. The summed E-state index contributed by atoms with van der Waals surface area (Å²) in [5.41, 5.74) is 5.11. The summed E-state index contributed by atoms with van der Waals surface area (Å²) in [5.74, 6) is 0.560. The van der Waals surface area contributed by atoms with Gasteiger partial charge in [0.1, 0.15) is 5.75 Å². The van der Waals surface area contributed by atoms with Crippen LogP contribution < -0.4 is 0 Å². The third-order valence-corrected chi connectivity index (χ3v) is 5.91. The fourth-order valence-electron chi connectivity index (χ4n) is 3.64. The van der Waals surface area contributed by atoms with Crippen LogP contribution in [0.1, 0.15) is 37.8 Å². The van der Waals surface area contributed by atoms with Crippen LogP contribution in [0.2, 0.25) is 6.32 Å². The van der Waals surface area contributed by atoms with E-state index in [-0.39, 0.29) is 11.9 Å². The second-order valence-electron chi connectivity index (χ2n) is 7.93. The number of aromatic hydroxyl groups is 1. The maximum absolute atomic E-state index is 10.3. The zero-order valence-corrected chi connectivity index (χ0v) is 19.1. The van der Waals surface area contributed by atoms with Crippen molar-refractivity contribution in [3.05, 3.63) is 87.9 Å². The number of phenolic OH excluding ortho intramolecular Hbond substituents is 1. The molecule has 30 heavy (non-hydrogen) atoms. The zero-order valence-electron chi connectivity index (χ0n) is 17.5. The normalized spacial score (nSPS) is 17.2. The van der Waals surface area contributed by atoms with Gasteiger partial charge in [-0.3, -0.25) is 0 Å². The van der Waals surface area contributed by atoms with Gasteiger partial charge in [0.25, 0.3) is 0 Å². The van der Waals surface area contributed by atoms with Gasteiger partial charge in [-0.2, -0.15) is 0 Å². The van der Waals surface area contributed by atoms with E-state index in [2.05, 4.69) is 54.6 Å². The van der Waals surface area contributed by atoms with Crippen LogP contribution in [0.25, 0.3) is 11.6 Å². The Morgan fingerprint density at radius 1 is 1.27 bits per heavy atom. The second kappa shape index (κ2) is 10.3. The van der Waals surface area contributed by atoms with E-state index in [1.807, 2.05) is 36.4 Å². The molecule has 0 spiro atoms. The van der Waals surface area contributed by atoms with Gasteiger partial charge in [0.05, 0.1) is 6.10 Å². The molecule has 0 bridgehead atoms. The predicted molar refractivity (Wildman–Crippen MR) is 129 cm³/mol. The minimum atomic E-state index is -0.781. The van der Waals surface area contributed by atoms with Crippen LogP contribution in [0.3, 0.4) is 0 Å². The topological polar surface area (TPSA) is 49.7 Å². The number of hydrogen-bond donors (Lipinski definition) is 2. The molecular formula is C25H28BBrO3. The van der Waals surface area contributed by atoms with Gasteiger partial charge in [0.15, 0.2) is 0 Å². The van der Waals surface area contributed by atoms with Crippen LogP contribution in [0.4, 0.5) is 0 Å². The SMILES string of the molecule is C=C(C1=CCB(O)OC1CC/C(=C/c1cc(Br)ccc1O)c1ccccc1)C(C)C. The van der Waals surface area contributed by atoms with Crippen LogP contribution in [-0.4, -0.2) is 23.4 Å². The third kappa shape index (κ3) is 5.75. The Bertz CT molecular complexity index is 950. The molecule has 0 radical (unpaired) electrons. The highest BCUT2D eigenvalue weighted by Gasteiger charge is 2.29. The first kappa shape index (κ1) is 22.6. The highest BCUT2D eigenvalue weighted by molar-refractivity contribution is 9.10. The minimum absolute atomic E-state index is 0.202. The largest absolute Gasteiger partial charge is 0.507 e. The van der Waals surface area contributed by atoms with E-state index in [1.54, 1.807) is 6.07 Å². The number of phenols is 1. The standard InChI is InChI=1S/C25H28BBrO3/c1-17(2)18(3)23-13-14-26(29)30-25(23)12-9-20(19-7-5-4-6-8-19)15-21-16-22(27)10-11-24(21)28/h4-8,10-11,13,15-17,25,28-29H,3,9,12,14H2,1-2H3/b20-15-. The van der Waals surface area contributed by atoms with Gasteiger partial charge in [-0.05, 0) is 65.3 Å². The van der Waals surface area contributed by atoms with Gasteiger partial charge in [-0.15, -0.1) is 0 Å². The lowest BCUT2D eigenvalue weighted by atomic mass is 9.76. The Hall–Kier alpha value is -2.08. The molecule has 0 aromatic heterocycles. The van der Waals surface area contributed by atoms with Gasteiger partial charge in [0.2, 0.25) is 0 Å². The highest BCUT2D eigenvalue weighted by atomic mass is 79.9. The minimum Gasteiger partial charge on any atom is -0.507 e. The van der Waals surface area contributed by atoms with Crippen LogP contribution in [0.5, 0.6) is 5.75 Å². The second-order valence-corrected chi connectivity index (χ2v) is 8.85. The van der Waals surface area contributed by atoms with Crippen LogP contribution in [0, 0.1) is 5.92 Å².